The van der Waals surface area contributed by atoms with Crippen molar-refractivity contribution in [2.45, 2.75) is 77.9 Å². The highest BCUT2D eigenvalue weighted by atomic mass is 16.8. The van der Waals surface area contributed by atoms with E-state index >= 15 is 0 Å². The van der Waals surface area contributed by atoms with Crippen LogP contribution in [0.5, 0.6) is 0 Å². The first-order chi connectivity index (χ1) is 14.2. The number of nitrogens with one attached hydrogen (secondary N) is 2. The Morgan fingerprint density at radius 2 is 1.76 bits per heavy atom. The number of carbonyl (C=O) groups is 2. The predicted molar refractivity (Wildman–Crippen MR) is 109 cm³/mol. The number of carbonyl (C=O) groups excluding carboxylic acids is 2. The number of amides is 1. The van der Waals surface area contributed by atoms with Gasteiger partial charge in [0.05, 0.1) is 6.61 Å². The highest BCUT2D eigenvalue weighted by molar-refractivity contribution is 5.93. The predicted octanol–water partition coefficient (Wildman–Crippen LogP) is 3.14. The molecule has 0 saturated heterocycles. The minimum absolute atomic E-state index is 0.0680. The molecule has 0 spiro atoms. The molecule has 0 atom stereocenters. The smallest absolute Gasteiger partial charge is 0.310 e. The van der Waals surface area contributed by atoms with Crippen molar-refractivity contribution in [3.05, 3.63) is 35.3 Å². The molecular formula is C21H35N3O5. The molecule has 1 heterocycles. The van der Waals surface area contributed by atoms with E-state index in [-0.39, 0.29) is 31.8 Å². The van der Waals surface area contributed by atoms with Gasteiger partial charge >= 0.3 is 5.97 Å². The van der Waals surface area contributed by atoms with Crippen LogP contribution in [0.25, 0.3) is 0 Å². The van der Waals surface area contributed by atoms with Crippen molar-refractivity contribution in [3.8, 4) is 0 Å². The van der Waals surface area contributed by atoms with Gasteiger partial charge in [-0.3, -0.25) is 15.2 Å². The third-order valence-electron chi connectivity index (χ3n) is 4.53. The molecule has 0 aliphatic rings. The fraction of sp³-hybridized carbons (Fsp3) is 0.667. The minimum atomic E-state index is -0.296. The monoisotopic (exact) mass is 409 g/mol. The van der Waals surface area contributed by atoms with E-state index in [1.54, 1.807) is 29.1 Å². The number of hydrogen-bond donors (Lipinski definition) is 2. The summed E-state index contributed by atoms with van der Waals surface area (Å²) in [7, 11) is 0. The third kappa shape index (κ3) is 12.9. The van der Waals surface area contributed by atoms with Gasteiger partial charge in [0.25, 0.3) is 12.6 Å². The fourth-order valence-corrected chi connectivity index (χ4v) is 2.89. The van der Waals surface area contributed by atoms with Crippen LogP contribution in [-0.4, -0.2) is 25.0 Å². The van der Waals surface area contributed by atoms with Gasteiger partial charge in [0.1, 0.15) is 5.56 Å². The Morgan fingerprint density at radius 3 is 2.45 bits per heavy atom. The summed E-state index contributed by atoms with van der Waals surface area (Å²) in [5.74, 6) is -0.521. The van der Waals surface area contributed by atoms with Crippen molar-refractivity contribution in [1.29, 1.82) is 0 Å². The standard InChI is InChI=1S/C21H35N3O5/c1-2-3-4-5-6-7-8-9-10-13-20(25)28-18-24-15-11-12-19(17-24)21(26)22-14-16-29-23-27/h11-12,15,17,23H,2-10,13-14,16,18H2,1H3,(H,22,26). The summed E-state index contributed by atoms with van der Waals surface area (Å²) in [6.07, 6.45) is 14.6. The Kier molecular flexibility index (Phi) is 14.6. The molecule has 8 nitrogen and oxygen atoms in total. The Labute approximate surface area is 173 Å². The van der Waals surface area contributed by atoms with Crippen molar-refractivity contribution in [1.82, 2.24) is 11.0 Å². The molecule has 0 bridgehead atoms. The second kappa shape index (κ2) is 16.9. The van der Waals surface area contributed by atoms with Crippen LogP contribution in [0.4, 0.5) is 0 Å². The summed E-state index contributed by atoms with van der Waals surface area (Å²) in [5, 5.41) is 12.6. The molecule has 0 aromatic carbocycles. The number of rotatable bonds is 17. The molecule has 8 heteroatoms. The normalized spacial score (nSPS) is 10.7. The third-order valence-corrected chi connectivity index (χ3v) is 4.53. The zero-order chi connectivity index (χ0) is 21.2. The lowest BCUT2D eigenvalue weighted by molar-refractivity contribution is -0.727. The van der Waals surface area contributed by atoms with Gasteiger partial charge in [-0.15, -0.1) is 0 Å². The Bertz CT molecular complexity index is 583. The summed E-state index contributed by atoms with van der Waals surface area (Å²) in [6.45, 7) is 2.57. The maximum atomic E-state index is 12.0. The molecule has 1 amide bonds. The summed E-state index contributed by atoms with van der Waals surface area (Å²) >= 11 is 0. The van der Waals surface area contributed by atoms with Gasteiger partial charge in [-0.25, -0.2) is 0 Å². The summed E-state index contributed by atoms with van der Waals surface area (Å²) < 4.78 is 6.91. The maximum Gasteiger partial charge on any atom is 0.310 e. The van der Waals surface area contributed by atoms with Crippen LogP contribution < -0.4 is 15.5 Å². The summed E-state index contributed by atoms with van der Waals surface area (Å²) in [4.78, 5) is 28.3. The summed E-state index contributed by atoms with van der Waals surface area (Å²) in [6, 6.07) is 3.36. The fourth-order valence-electron chi connectivity index (χ4n) is 2.89. The number of pyridine rings is 1. The number of hydrogen-bond acceptors (Lipinski definition) is 6. The van der Waals surface area contributed by atoms with E-state index in [0.717, 1.165) is 12.8 Å². The van der Waals surface area contributed by atoms with Crippen molar-refractivity contribution in [2.24, 2.45) is 0 Å². The second-order valence-corrected chi connectivity index (χ2v) is 7.02. The molecule has 1 aromatic rings. The molecule has 0 radical (unpaired) electrons. The average Bonchev–Trinajstić information content (AvgIpc) is 2.74. The molecule has 2 N–H and O–H groups in total. The lowest BCUT2D eigenvalue weighted by atomic mass is 10.1. The van der Waals surface area contributed by atoms with Crippen LogP contribution in [0.2, 0.25) is 0 Å². The van der Waals surface area contributed by atoms with Crippen molar-refractivity contribution < 1.29 is 23.7 Å². The van der Waals surface area contributed by atoms with Gasteiger partial charge in [-0.2, -0.15) is 4.57 Å². The van der Waals surface area contributed by atoms with Crippen LogP contribution in [0.3, 0.4) is 0 Å². The number of ether oxygens (including phenoxy) is 1. The largest absolute Gasteiger partial charge is 0.765 e. The highest BCUT2D eigenvalue weighted by Gasteiger charge is 2.12. The Balaban J connectivity index is 2.16. The Hall–Kier alpha value is -2.03. The zero-order valence-corrected chi connectivity index (χ0v) is 17.5. The first kappa shape index (κ1) is 25.0. The first-order valence-corrected chi connectivity index (χ1v) is 10.6. The van der Waals surface area contributed by atoms with Crippen molar-refractivity contribution in [2.75, 3.05) is 13.2 Å². The van der Waals surface area contributed by atoms with Gasteiger partial charge in [0.2, 0.25) is 0 Å². The van der Waals surface area contributed by atoms with Crippen LogP contribution in [-0.2, 0) is 21.1 Å². The molecule has 164 valence electrons. The van der Waals surface area contributed by atoms with E-state index in [9.17, 15) is 14.8 Å². The Morgan fingerprint density at radius 1 is 1.07 bits per heavy atom. The second-order valence-electron chi connectivity index (χ2n) is 7.02. The SMILES string of the molecule is CCCCCCCCCCCC(=O)OC[n+]1cccc(C(=O)NCCON[O-])c1. The van der Waals surface area contributed by atoms with Crippen molar-refractivity contribution >= 4 is 11.9 Å². The molecule has 1 aromatic heterocycles. The van der Waals surface area contributed by atoms with E-state index in [1.165, 1.54) is 50.6 Å². The quantitative estimate of drug-likeness (QED) is 0.177. The maximum absolute atomic E-state index is 12.0. The van der Waals surface area contributed by atoms with E-state index in [1.807, 2.05) is 0 Å². The molecule has 0 saturated carbocycles. The number of aromatic nitrogens is 1. The number of esters is 1. The summed E-state index contributed by atoms with van der Waals surface area (Å²) in [5.41, 5.74) is 1.73. The lowest BCUT2D eigenvalue weighted by Gasteiger charge is -2.08. The highest BCUT2D eigenvalue weighted by Crippen LogP contribution is 2.10. The molecular weight excluding hydrogens is 374 g/mol. The van der Waals surface area contributed by atoms with Gasteiger partial charge in [0.15, 0.2) is 12.4 Å². The van der Waals surface area contributed by atoms with Gasteiger partial charge in [-0.1, -0.05) is 58.3 Å². The van der Waals surface area contributed by atoms with Crippen LogP contribution in [0, 0.1) is 5.21 Å². The van der Waals surface area contributed by atoms with Gasteiger partial charge in [0, 0.05) is 19.0 Å². The van der Waals surface area contributed by atoms with Gasteiger partial charge < -0.3 is 20.1 Å². The number of nitrogens with zero attached hydrogens (tertiary/aromatic N) is 1. The molecule has 0 fully saturated rings. The van der Waals surface area contributed by atoms with Crippen molar-refractivity contribution in [3.63, 3.8) is 0 Å². The van der Waals surface area contributed by atoms with E-state index in [4.69, 9.17) is 4.74 Å². The van der Waals surface area contributed by atoms with E-state index < -0.39 is 0 Å². The average molecular weight is 410 g/mol. The van der Waals surface area contributed by atoms with Gasteiger partial charge in [-0.05, 0) is 12.5 Å². The minimum Gasteiger partial charge on any atom is -0.765 e. The van der Waals surface area contributed by atoms with E-state index in [0.29, 0.717) is 12.0 Å². The molecule has 1 rings (SSSR count). The lowest BCUT2D eigenvalue weighted by Crippen LogP contribution is -2.37. The molecule has 0 aliphatic heterocycles. The topological polar surface area (TPSA) is 104 Å². The van der Waals surface area contributed by atoms with E-state index in [2.05, 4.69) is 17.1 Å². The zero-order valence-electron chi connectivity index (χ0n) is 17.5. The molecule has 0 unspecified atom stereocenters. The number of unbranched alkanes of at least 4 members (excludes halogenated alkanes) is 8. The van der Waals surface area contributed by atoms with Crippen LogP contribution in [0.1, 0.15) is 81.5 Å². The molecule has 29 heavy (non-hydrogen) atoms. The van der Waals surface area contributed by atoms with Crippen LogP contribution in [0.15, 0.2) is 24.5 Å². The first-order valence-electron chi connectivity index (χ1n) is 10.6. The van der Waals surface area contributed by atoms with Crippen LogP contribution >= 0.6 is 0 Å². The molecule has 0 aliphatic carbocycles.